The van der Waals surface area contributed by atoms with Crippen molar-refractivity contribution in [2.75, 3.05) is 31.1 Å². The van der Waals surface area contributed by atoms with E-state index in [2.05, 4.69) is 0 Å². The molecule has 2 aromatic carbocycles. The first-order chi connectivity index (χ1) is 12.7. The van der Waals surface area contributed by atoms with Gasteiger partial charge in [-0.05, 0) is 37.1 Å². The van der Waals surface area contributed by atoms with Gasteiger partial charge in [0.15, 0.2) is 6.61 Å². The molecule has 0 saturated carbocycles. The molecule has 0 radical (unpaired) electrons. The number of hydrogen-bond acceptors (Lipinski definition) is 3. The first kappa shape index (κ1) is 16.6. The van der Waals surface area contributed by atoms with Crippen LogP contribution in [0.25, 0.3) is 0 Å². The van der Waals surface area contributed by atoms with Gasteiger partial charge < -0.3 is 14.5 Å². The summed E-state index contributed by atoms with van der Waals surface area (Å²) >= 11 is 0. The van der Waals surface area contributed by atoms with Gasteiger partial charge in [0.05, 0.1) is 5.41 Å². The minimum absolute atomic E-state index is 0.0182. The van der Waals surface area contributed by atoms with Gasteiger partial charge in [0.1, 0.15) is 5.75 Å². The van der Waals surface area contributed by atoms with Crippen LogP contribution in [-0.4, -0.2) is 43.0 Å². The summed E-state index contributed by atoms with van der Waals surface area (Å²) in [5, 5.41) is 0. The summed E-state index contributed by atoms with van der Waals surface area (Å²) in [6, 6.07) is 19.1. The zero-order chi connectivity index (χ0) is 18.0. The van der Waals surface area contributed by atoms with Gasteiger partial charge in [0.25, 0.3) is 5.91 Å². The number of hydrogen-bond donors (Lipinski definition) is 0. The third-order valence-corrected chi connectivity index (χ3v) is 5.41. The molecule has 5 nitrogen and oxygen atoms in total. The van der Waals surface area contributed by atoms with Gasteiger partial charge in [-0.2, -0.15) is 0 Å². The highest BCUT2D eigenvalue weighted by atomic mass is 16.5. The highest BCUT2D eigenvalue weighted by Crippen LogP contribution is 2.43. The Kier molecular flexibility index (Phi) is 4.37. The predicted molar refractivity (Wildman–Crippen MR) is 99.0 cm³/mol. The van der Waals surface area contributed by atoms with Crippen LogP contribution in [0.3, 0.4) is 0 Å². The van der Waals surface area contributed by atoms with E-state index in [4.69, 9.17) is 4.74 Å². The maximum atomic E-state index is 12.7. The number of para-hydroxylation sites is 2. The van der Waals surface area contributed by atoms with Crippen molar-refractivity contribution in [3.63, 3.8) is 0 Å². The Morgan fingerprint density at radius 2 is 1.58 bits per heavy atom. The van der Waals surface area contributed by atoms with Crippen LogP contribution in [0.5, 0.6) is 5.75 Å². The van der Waals surface area contributed by atoms with E-state index < -0.39 is 0 Å². The van der Waals surface area contributed by atoms with Crippen LogP contribution in [0.15, 0.2) is 60.7 Å². The van der Waals surface area contributed by atoms with E-state index in [0.29, 0.717) is 18.8 Å². The maximum absolute atomic E-state index is 12.7. The highest BCUT2D eigenvalue weighted by Gasteiger charge is 2.53. The summed E-state index contributed by atoms with van der Waals surface area (Å²) in [6.45, 7) is 2.02. The van der Waals surface area contributed by atoms with Crippen LogP contribution in [0.4, 0.5) is 5.69 Å². The fourth-order valence-corrected chi connectivity index (χ4v) is 3.76. The van der Waals surface area contributed by atoms with Crippen molar-refractivity contribution < 1.29 is 14.3 Å². The molecule has 2 aromatic rings. The Morgan fingerprint density at radius 1 is 0.962 bits per heavy atom. The van der Waals surface area contributed by atoms with Gasteiger partial charge in [-0.25, -0.2) is 0 Å². The zero-order valence-corrected chi connectivity index (χ0v) is 14.6. The lowest BCUT2D eigenvalue weighted by atomic mass is 9.71. The minimum Gasteiger partial charge on any atom is -0.484 e. The molecule has 134 valence electrons. The number of nitrogens with zero attached hydrogens (tertiary/aromatic N) is 2. The molecular formula is C21H22N2O3. The molecule has 5 heteroatoms. The Bertz CT molecular complexity index is 783. The lowest BCUT2D eigenvalue weighted by Crippen LogP contribution is -2.65. The summed E-state index contributed by atoms with van der Waals surface area (Å²) in [6.07, 6.45) is 1.46. The van der Waals surface area contributed by atoms with E-state index in [9.17, 15) is 9.59 Å². The van der Waals surface area contributed by atoms with Gasteiger partial charge in [0.2, 0.25) is 5.91 Å². The number of carbonyl (C=O) groups is 2. The molecule has 2 fully saturated rings. The number of carbonyl (C=O) groups excluding carboxylic acids is 2. The summed E-state index contributed by atoms with van der Waals surface area (Å²) in [5.41, 5.74) is 0.672. The van der Waals surface area contributed by atoms with E-state index >= 15 is 0 Å². The summed E-state index contributed by atoms with van der Waals surface area (Å²) in [5.74, 6) is 0.869. The van der Waals surface area contributed by atoms with Crippen molar-refractivity contribution in [1.82, 2.24) is 4.90 Å². The van der Waals surface area contributed by atoms with Gasteiger partial charge >= 0.3 is 0 Å². The second-order valence-electron chi connectivity index (χ2n) is 6.99. The molecule has 0 aliphatic carbocycles. The van der Waals surface area contributed by atoms with Crippen molar-refractivity contribution in [3.05, 3.63) is 60.7 Å². The molecule has 0 N–H and O–H groups in total. The fraction of sp³-hybridized carbons (Fsp3) is 0.333. The number of likely N-dealkylation sites (tertiary alicyclic amines) is 1. The second-order valence-corrected chi connectivity index (χ2v) is 6.99. The van der Waals surface area contributed by atoms with Crippen LogP contribution in [0.1, 0.15) is 12.8 Å². The molecule has 0 unspecified atom stereocenters. The molecule has 2 saturated heterocycles. The van der Waals surface area contributed by atoms with Gasteiger partial charge in [-0.15, -0.1) is 0 Å². The van der Waals surface area contributed by atoms with Crippen molar-refractivity contribution in [2.24, 2.45) is 5.41 Å². The summed E-state index contributed by atoms with van der Waals surface area (Å²) in [7, 11) is 0. The van der Waals surface area contributed by atoms with E-state index in [1.54, 1.807) is 0 Å². The third kappa shape index (κ3) is 3.05. The van der Waals surface area contributed by atoms with Gasteiger partial charge in [-0.1, -0.05) is 36.4 Å². The Labute approximate surface area is 153 Å². The van der Waals surface area contributed by atoms with Gasteiger partial charge in [0, 0.05) is 25.3 Å². The normalized spacial score (nSPS) is 18.5. The predicted octanol–water partition coefficient (Wildman–Crippen LogP) is 2.72. The second kappa shape index (κ2) is 6.83. The minimum atomic E-state index is -0.285. The molecule has 1 spiro atoms. The average Bonchev–Trinajstić information content (AvgIpc) is 2.72. The quantitative estimate of drug-likeness (QED) is 0.797. The highest BCUT2D eigenvalue weighted by molar-refractivity contribution is 6.04. The molecule has 26 heavy (non-hydrogen) atoms. The Balaban J connectivity index is 1.29. The molecule has 4 rings (SSSR count). The number of β-lactam (4-membered cyclic amide) rings is 1. The molecular weight excluding hydrogens is 328 g/mol. The molecule has 0 bridgehead atoms. The maximum Gasteiger partial charge on any atom is 0.260 e. The summed E-state index contributed by atoms with van der Waals surface area (Å²) in [4.78, 5) is 28.7. The Hall–Kier alpha value is -2.82. The van der Waals surface area contributed by atoms with Crippen LogP contribution in [0.2, 0.25) is 0 Å². The number of rotatable bonds is 4. The van der Waals surface area contributed by atoms with Crippen molar-refractivity contribution in [3.8, 4) is 5.75 Å². The first-order valence-corrected chi connectivity index (χ1v) is 9.01. The van der Waals surface area contributed by atoms with E-state index in [0.717, 1.165) is 25.1 Å². The first-order valence-electron chi connectivity index (χ1n) is 9.01. The van der Waals surface area contributed by atoms with E-state index in [-0.39, 0.29) is 23.8 Å². The number of ether oxygens (including phenoxy) is 1. The van der Waals surface area contributed by atoms with Crippen LogP contribution >= 0.6 is 0 Å². The molecule has 2 heterocycles. The molecule has 2 aliphatic rings. The monoisotopic (exact) mass is 350 g/mol. The topological polar surface area (TPSA) is 49.9 Å². The number of benzene rings is 2. The lowest BCUT2D eigenvalue weighted by molar-refractivity contribution is -0.145. The average molecular weight is 350 g/mol. The smallest absolute Gasteiger partial charge is 0.260 e. The van der Waals surface area contributed by atoms with Crippen molar-refractivity contribution in [2.45, 2.75) is 12.8 Å². The largest absolute Gasteiger partial charge is 0.484 e. The van der Waals surface area contributed by atoms with Crippen LogP contribution in [-0.2, 0) is 9.59 Å². The molecule has 2 aliphatic heterocycles. The number of piperidine rings is 1. The molecule has 0 aromatic heterocycles. The van der Waals surface area contributed by atoms with Crippen LogP contribution < -0.4 is 9.64 Å². The van der Waals surface area contributed by atoms with E-state index in [1.165, 1.54) is 0 Å². The molecule has 2 amide bonds. The standard InChI is InChI=1S/C21H22N2O3/c24-19(15-26-18-9-5-2-6-10-18)22-13-11-21(12-14-22)16-23(20(21)25)17-7-3-1-4-8-17/h1-10H,11-16H2. The van der Waals surface area contributed by atoms with Crippen molar-refractivity contribution >= 4 is 17.5 Å². The Morgan fingerprint density at radius 3 is 2.19 bits per heavy atom. The SMILES string of the molecule is O=C(COc1ccccc1)N1CCC2(CC1)CN(c1ccccc1)C2=O. The van der Waals surface area contributed by atoms with E-state index in [1.807, 2.05) is 70.5 Å². The zero-order valence-electron chi connectivity index (χ0n) is 14.6. The lowest BCUT2D eigenvalue weighted by Gasteiger charge is -2.52. The number of anilines is 1. The fourth-order valence-electron chi connectivity index (χ4n) is 3.76. The molecule has 0 atom stereocenters. The number of amides is 2. The van der Waals surface area contributed by atoms with Crippen LogP contribution in [0, 0.1) is 5.41 Å². The third-order valence-electron chi connectivity index (χ3n) is 5.41. The van der Waals surface area contributed by atoms with Crippen molar-refractivity contribution in [1.29, 1.82) is 0 Å². The van der Waals surface area contributed by atoms with Gasteiger partial charge in [-0.3, -0.25) is 9.59 Å². The summed E-state index contributed by atoms with van der Waals surface area (Å²) < 4.78 is 5.54.